The predicted octanol–water partition coefficient (Wildman–Crippen LogP) is 3.05. The molecular formula is C17H18N4OS. The van der Waals surface area contributed by atoms with Gasteiger partial charge < -0.3 is 0 Å². The maximum absolute atomic E-state index is 12.9. The van der Waals surface area contributed by atoms with Gasteiger partial charge in [0.05, 0.1) is 12.4 Å². The number of aliphatic imine (C=N–C) groups is 1. The number of carbonyl (C=O) groups excluding carboxylic acids is 1. The van der Waals surface area contributed by atoms with Crippen molar-refractivity contribution in [3.05, 3.63) is 41.4 Å². The number of anilines is 1. The van der Waals surface area contributed by atoms with Gasteiger partial charge in [0.2, 0.25) is 5.13 Å². The van der Waals surface area contributed by atoms with E-state index in [4.69, 9.17) is 0 Å². The second kappa shape index (κ2) is 6.22. The van der Waals surface area contributed by atoms with Crippen LogP contribution in [0.2, 0.25) is 0 Å². The number of benzene rings is 1. The third-order valence-corrected chi connectivity index (χ3v) is 4.98. The highest BCUT2D eigenvalue weighted by molar-refractivity contribution is 7.13. The Morgan fingerprint density at radius 3 is 2.78 bits per heavy atom. The Balaban J connectivity index is 1.67. The zero-order valence-corrected chi connectivity index (χ0v) is 13.6. The van der Waals surface area contributed by atoms with Crippen LogP contribution in [0.25, 0.3) is 0 Å². The number of fused-ring (bicyclic) bond motifs is 1. The topological polar surface area (TPSA) is 48.8 Å². The number of carbonyl (C=O) groups is 1. The van der Waals surface area contributed by atoms with Crippen LogP contribution in [0.5, 0.6) is 0 Å². The van der Waals surface area contributed by atoms with E-state index < -0.39 is 0 Å². The molecule has 0 spiro atoms. The Bertz CT molecular complexity index is 735. The Hall–Kier alpha value is -2.05. The van der Waals surface area contributed by atoms with Crippen molar-refractivity contribution in [1.82, 2.24) is 9.88 Å². The molecule has 1 aromatic carbocycles. The second-order valence-corrected chi connectivity index (χ2v) is 6.72. The quantitative estimate of drug-likeness (QED) is 0.871. The third kappa shape index (κ3) is 2.80. The molecule has 1 saturated heterocycles. The first kappa shape index (κ1) is 14.5. The van der Waals surface area contributed by atoms with Crippen LogP contribution in [0, 0.1) is 0 Å². The normalized spacial score (nSPS) is 20.3. The van der Waals surface area contributed by atoms with Crippen LogP contribution >= 0.6 is 11.3 Å². The van der Waals surface area contributed by atoms with Gasteiger partial charge in [0.25, 0.3) is 5.91 Å². The highest BCUT2D eigenvalue weighted by Gasteiger charge is 2.34. The van der Waals surface area contributed by atoms with Gasteiger partial charge >= 0.3 is 0 Å². The summed E-state index contributed by atoms with van der Waals surface area (Å²) in [5, 5.41) is 2.50. The fraction of sp³-hybridized carbons (Fsp3) is 0.353. The first-order valence-electron chi connectivity index (χ1n) is 7.95. The van der Waals surface area contributed by atoms with E-state index in [2.05, 4.69) is 14.9 Å². The molecule has 118 valence electrons. The lowest BCUT2D eigenvalue weighted by Crippen LogP contribution is -2.43. The van der Waals surface area contributed by atoms with E-state index in [0.29, 0.717) is 17.5 Å². The summed E-state index contributed by atoms with van der Waals surface area (Å²) in [6.07, 6.45) is 5.42. The van der Waals surface area contributed by atoms with Crippen LogP contribution in [-0.2, 0) is 4.79 Å². The van der Waals surface area contributed by atoms with Gasteiger partial charge in [-0.25, -0.2) is 9.98 Å². The number of thiazole rings is 1. The molecule has 0 radical (unpaired) electrons. The monoisotopic (exact) mass is 326 g/mol. The van der Waals surface area contributed by atoms with Crippen molar-refractivity contribution in [3.63, 3.8) is 0 Å². The Morgan fingerprint density at radius 1 is 1.17 bits per heavy atom. The summed E-state index contributed by atoms with van der Waals surface area (Å²) >= 11 is 1.44. The fourth-order valence-corrected chi connectivity index (χ4v) is 3.69. The average Bonchev–Trinajstić information content (AvgIpc) is 3.19. The van der Waals surface area contributed by atoms with Gasteiger partial charge in [-0.1, -0.05) is 24.6 Å². The minimum absolute atomic E-state index is 0.0213. The lowest BCUT2D eigenvalue weighted by Gasteiger charge is -2.30. The molecule has 0 atom stereocenters. The number of likely N-dealkylation sites (tertiary alicyclic amines) is 1. The largest absolute Gasteiger partial charge is 0.293 e. The summed E-state index contributed by atoms with van der Waals surface area (Å²) in [5.74, 6) is -0.0213. The summed E-state index contributed by atoms with van der Waals surface area (Å²) in [6, 6.07) is 7.90. The summed E-state index contributed by atoms with van der Waals surface area (Å²) in [4.78, 5) is 25.8. The van der Waals surface area contributed by atoms with Gasteiger partial charge in [-0.3, -0.25) is 14.6 Å². The van der Waals surface area contributed by atoms with Gasteiger partial charge in [-0.2, -0.15) is 0 Å². The Kier molecular flexibility index (Phi) is 3.93. The van der Waals surface area contributed by atoms with E-state index in [0.717, 1.165) is 24.3 Å². The van der Waals surface area contributed by atoms with Crippen LogP contribution in [0.3, 0.4) is 0 Å². The van der Waals surface area contributed by atoms with Crippen molar-refractivity contribution in [2.24, 2.45) is 4.99 Å². The lowest BCUT2D eigenvalue weighted by molar-refractivity contribution is -0.112. The molecule has 2 aliphatic heterocycles. The molecule has 0 N–H and O–H groups in total. The number of piperidine rings is 1. The molecule has 23 heavy (non-hydrogen) atoms. The van der Waals surface area contributed by atoms with Gasteiger partial charge in [0.1, 0.15) is 5.71 Å². The zero-order valence-electron chi connectivity index (χ0n) is 12.8. The molecule has 5 nitrogen and oxygen atoms in total. The van der Waals surface area contributed by atoms with Crippen molar-refractivity contribution in [2.75, 3.05) is 24.7 Å². The van der Waals surface area contributed by atoms with E-state index >= 15 is 0 Å². The molecule has 6 heteroatoms. The van der Waals surface area contributed by atoms with Crippen LogP contribution in [0.1, 0.15) is 24.8 Å². The standard InChI is InChI=1S/C17H18N4OS/c22-16-15(19-17-18-8-11-23-17)13-6-2-3-7-14(13)21(16)12-20-9-4-1-5-10-20/h2-3,6-8,11H,1,4-5,9-10,12H2. The van der Waals surface area contributed by atoms with Gasteiger partial charge in [0.15, 0.2) is 0 Å². The molecule has 0 saturated carbocycles. The first-order chi connectivity index (χ1) is 11.3. The summed E-state index contributed by atoms with van der Waals surface area (Å²) in [5.41, 5.74) is 2.37. The highest BCUT2D eigenvalue weighted by atomic mass is 32.1. The number of aromatic nitrogens is 1. The molecule has 0 unspecified atom stereocenters. The number of amides is 1. The third-order valence-electron chi connectivity index (χ3n) is 4.31. The molecule has 2 aromatic rings. The first-order valence-corrected chi connectivity index (χ1v) is 8.83. The van der Waals surface area contributed by atoms with Gasteiger partial charge in [0, 0.05) is 17.1 Å². The molecule has 1 fully saturated rings. The summed E-state index contributed by atoms with van der Waals surface area (Å²) < 4.78 is 0. The summed E-state index contributed by atoms with van der Waals surface area (Å²) in [7, 11) is 0. The van der Waals surface area contributed by atoms with E-state index in [1.54, 1.807) is 6.20 Å². The molecule has 0 aliphatic carbocycles. The maximum Gasteiger partial charge on any atom is 0.278 e. The van der Waals surface area contributed by atoms with E-state index in [-0.39, 0.29) is 5.91 Å². The number of hydrogen-bond donors (Lipinski definition) is 0. The Morgan fingerprint density at radius 2 is 2.00 bits per heavy atom. The average molecular weight is 326 g/mol. The predicted molar refractivity (Wildman–Crippen MR) is 92.5 cm³/mol. The smallest absolute Gasteiger partial charge is 0.278 e. The summed E-state index contributed by atoms with van der Waals surface area (Å²) in [6.45, 7) is 2.77. The maximum atomic E-state index is 12.9. The van der Waals surface area contributed by atoms with E-state index in [9.17, 15) is 4.79 Å². The van der Waals surface area contributed by atoms with Crippen molar-refractivity contribution in [2.45, 2.75) is 19.3 Å². The molecule has 1 amide bonds. The minimum Gasteiger partial charge on any atom is -0.293 e. The van der Waals surface area contributed by atoms with Gasteiger partial charge in [-0.15, -0.1) is 11.3 Å². The zero-order chi connectivity index (χ0) is 15.6. The molecular weight excluding hydrogens is 308 g/mol. The van der Waals surface area contributed by atoms with Crippen LogP contribution in [-0.4, -0.2) is 41.3 Å². The van der Waals surface area contributed by atoms with Crippen molar-refractivity contribution in [3.8, 4) is 0 Å². The fourth-order valence-electron chi connectivity index (χ4n) is 3.18. The SMILES string of the molecule is O=C1C(=Nc2nccs2)c2ccccc2N1CN1CCCCC1. The van der Waals surface area contributed by atoms with E-state index in [1.807, 2.05) is 34.5 Å². The molecule has 1 aromatic heterocycles. The lowest BCUT2D eigenvalue weighted by atomic mass is 10.1. The Labute approximate surface area is 139 Å². The highest BCUT2D eigenvalue weighted by Crippen LogP contribution is 2.31. The van der Waals surface area contributed by atoms with Crippen LogP contribution in [0.15, 0.2) is 40.8 Å². The number of rotatable bonds is 3. The second-order valence-electron chi connectivity index (χ2n) is 5.85. The number of hydrogen-bond acceptors (Lipinski definition) is 5. The van der Waals surface area contributed by atoms with Crippen LogP contribution in [0.4, 0.5) is 10.8 Å². The van der Waals surface area contributed by atoms with Crippen molar-refractivity contribution < 1.29 is 4.79 Å². The van der Waals surface area contributed by atoms with Gasteiger partial charge in [-0.05, 0) is 32.0 Å². The van der Waals surface area contributed by atoms with Crippen molar-refractivity contribution >= 4 is 33.8 Å². The molecule has 0 bridgehead atoms. The number of nitrogens with zero attached hydrogens (tertiary/aromatic N) is 4. The van der Waals surface area contributed by atoms with E-state index in [1.165, 1.54) is 30.6 Å². The van der Waals surface area contributed by atoms with Crippen LogP contribution < -0.4 is 4.90 Å². The van der Waals surface area contributed by atoms with Crippen molar-refractivity contribution in [1.29, 1.82) is 0 Å². The minimum atomic E-state index is -0.0213. The molecule has 2 aliphatic rings. The molecule has 3 heterocycles. The number of para-hydroxylation sites is 1. The molecule has 4 rings (SSSR count).